The van der Waals surface area contributed by atoms with Crippen LogP contribution in [0.3, 0.4) is 0 Å². The largest absolute Gasteiger partial charge is 0.494 e. The van der Waals surface area contributed by atoms with E-state index in [4.69, 9.17) is 17.0 Å². The van der Waals surface area contributed by atoms with Crippen molar-refractivity contribution in [2.45, 2.75) is 20.8 Å². The SMILES string of the molecule is CCOC(=O)c1c(N=Cc2c(O)[nH]c(=S)[nH]c2=O)sc(C(C)=O)c1C. The molecule has 0 saturated carbocycles. The Labute approximate surface area is 151 Å². The van der Waals surface area contributed by atoms with Crippen LogP contribution in [-0.2, 0) is 4.74 Å². The van der Waals surface area contributed by atoms with Gasteiger partial charge in [0.25, 0.3) is 5.56 Å². The number of esters is 1. The lowest BCUT2D eigenvalue weighted by Gasteiger charge is -2.02. The van der Waals surface area contributed by atoms with E-state index in [0.717, 1.165) is 17.6 Å². The molecule has 0 unspecified atom stereocenters. The van der Waals surface area contributed by atoms with Gasteiger partial charge in [0.15, 0.2) is 10.6 Å². The van der Waals surface area contributed by atoms with Gasteiger partial charge in [-0.05, 0) is 38.6 Å². The summed E-state index contributed by atoms with van der Waals surface area (Å²) >= 11 is 5.75. The van der Waals surface area contributed by atoms with Crippen molar-refractivity contribution in [3.63, 3.8) is 0 Å². The minimum Gasteiger partial charge on any atom is -0.494 e. The summed E-state index contributed by atoms with van der Waals surface area (Å²) in [6.45, 7) is 4.85. The molecular formula is C15H15N3O5S2. The number of Topliss-reactive ketones (excluding diaryl/α,β-unsaturated/α-hetero) is 1. The predicted octanol–water partition coefficient (Wildman–Crippen LogP) is 2.64. The molecule has 0 atom stereocenters. The number of carbonyl (C=O) groups is 2. The number of ether oxygens (including phenoxy) is 1. The number of nitrogens with zero attached hydrogens (tertiary/aromatic N) is 1. The van der Waals surface area contributed by atoms with Crippen LogP contribution in [0.1, 0.15) is 45.0 Å². The van der Waals surface area contributed by atoms with Gasteiger partial charge in [-0.3, -0.25) is 14.6 Å². The number of hydrogen-bond acceptors (Lipinski definition) is 8. The van der Waals surface area contributed by atoms with E-state index in [1.807, 2.05) is 0 Å². The van der Waals surface area contributed by atoms with Crippen LogP contribution in [0.2, 0.25) is 0 Å². The Balaban J connectivity index is 2.58. The molecule has 0 bridgehead atoms. The minimum absolute atomic E-state index is 0.0299. The Kier molecular flexibility index (Phi) is 5.65. The average Bonchev–Trinajstić information content (AvgIpc) is 2.83. The number of hydrogen-bond donors (Lipinski definition) is 3. The summed E-state index contributed by atoms with van der Waals surface area (Å²) in [6.07, 6.45) is 1.09. The molecule has 2 aromatic heterocycles. The topological polar surface area (TPSA) is 125 Å². The standard InChI is InChI=1S/C15H15N3O5S2/c1-4-23-14(22)9-6(2)10(7(3)19)25-13(9)16-5-8-11(20)17-15(24)18-12(8)21/h5H,4H2,1-3H3,(H3,17,18,20,21,24). The number of ketones is 1. The molecule has 0 fully saturated rings. The van der Waals surface area contributed by atoms with Crippen LogP contribution in [0.4, 0.5) is 5.00 Å². The van der Waals surface area contributed by atoms with Crippen molar-refractivity contribution in [2.24, 2.45) is 4.99 Å². The summed E-state index contributed by atoms with van der Waals surface area (Å²) in [5, 5.41) is 10.00. The van der Waals surface area contributed by atoms with Gasteiger partial charge in [-0.2, -0.15) is 0 Å². The highest BCUT2D eigenvalue weighted by atomic mass is 32.1. The van der Waals surface area contributed by atoms with Gasteiger partial charge in [0.2, 0.25) is 5.88 Å². The first-order valence-corrected chi connectivity index (χ1v) is 8.39. The van der Waals surface area contributed by atoms with Crippen molar-refractivity contribution in [1.82, 2.24) is 9.97 Å². The van der Waals surface area contributed by atoms with Gasteiger partial charge in [-0.1, -0.05) is 0 Å². The Morgan fingerprint density at radius 2 is 2.08 bits per heavy atom. The van der Waals surface area contributed by atoms with E-state index in [1.54, 1.807) is 13.8 Å². The molecule has 0 aliphatic carbocycles. The second kappa shape index (κ2) is 7.53. The third-order valence-electron chi connectivity index (χ3n) is 3.20. The van der Waals surface area contributed by atoms with E-state index < -0.39 is 17.4 Å². The van der Waals surface area contributed by atoms with Crippen LogP contribution in [0.15, 0.2) is 9.79 Å². The van der Waals surface area contributed by atoms with E-state index in [1.165, 1.54) is 6.92 Å². The first-order chi connectivity index (χ1) is 11.8. The molecule has 8 nitrogen and oxygen atoms in total. The molecule has 2 heterocycles. The maximum Gasteiger partial charge on any atom is 0.341 e. The zero-order valence-electron chi connectivity index (χ0n) is 13.6. The molecule has 25 heavy (non-hydrogen) atoms. The summed E-state index contributed by atoms with van der Waals surface area (Å²) in [4.78, 5) is 44.9. The number of nitrogens with one attached hydrogen (secondary N) is 2. The van der Waals surface area contributed by atoms with Crippen molar-refractivity contribution in [3.05, 3.63) is 36.7 Å². The number of aromatic amines is 2. The van der Waals surface area contributed by atoms with Crippen LogP contribution in [0, 0.1) is 11.7 Å². The number of carbonyl (C=O) groups excluding carboxylic acids is 2. The fraction of sp³-hybridized carbons (Fsp3) is 0.267. The normalized spacial score (nSPS) is 11.0. The molecule has 0 radical (unpaired) electrons. The van der Waals surface area contributed by atoms with Crippen LogP contribution < -0.4 is 5.56 Å². The smallest absolute Gasteiger partial charge is 0.341 e. The zero-order chi connectivity index (χ0) is 18.7. The average molecular weight is 381 g/mol. The fourth-order valence-corrected chi connectivity index (χ4v) is 3.32. The molecule has 3 N–H and O–H groups in total. The summed E-state index contributed by atoms with van der Waals surface area (Å²) in [6, 6.07) is 0. The van der Waals surface area contributed by atoms with Gasteiger partial charge in [-0.25, -0.2) is 9.79 Å². The highest BCUT2D eigenvalue weighted by Gasteiger charge is 2.23. The molecule has 0 aromatic carbocycles. The first-order valence-electron chi connectivity index (χ1n) is 7.17. The monoisotopic (exact) mass is 381 g/mol. The van der Waals surface area contributed by atoms with Crippen LogP contribution in [0.5, 0.6) is 5.88 Å². The molecule has 0 aliphatic heterocycles. The van der Waals surface area contributed by atoms with Crippen molar-refractivity contribution < 1.29 is 19.4 Å². The van der Waals surface area contributed by atoms with E-state index in [2.05, 4.69) is 15.0 Å². The summed E-state index contributed by atoms with van der Waals surface area (Å²) in [5.41, 5.74) is -0.164. The van der Waals surface area contributed by atoms with Gasteiger partial charge < -0.3 is 14.8 Å². The second-order valence-electron chi connectivity index (χ2n) is 4.94. The van der Waals surface area contributed by atoms with Crippen LogP contribution >= 0.6 is 23.6 Å². The van der Waals surface area contributed by atoms with Crippen molar-refractivity contribution in [2.75, 3.05) is 6.61 Å². The quantitative estimate of drug-likeness (QED) is 0.316. The predicted molar refractivity (Wildman–Crippen MR) is 96.2 cm³/mol. The Morgan fingerprint density at radius 1 is 1.40 bits per heavy atom. The van der Waals surface area contributed by atoms with Crippen molar-refractivity contribution in [3.8, 4) is 5.88 Å². The van der Waals surface area contributed by atoms with Crippen molar-refractivity contribution in [1.29, 1.82) is 0 Å². The lowest BCUT2D eigenvalue weighted by Crippen LogP contribution is -2.13. The van der Waals surface area contributed by atoms with Gasteiger partial charge in [0, 0.05) is 6.21 Å². The number of aromatic hydroxyl groups is 1. The van der Waals surface area contributed by atoms with E-state index in [0.29, 0.717) is 10.4 Å². The van der Waals surface area contributed by atoms with Crippen LogP contribution in [0.25, 0.3) is 0 Å². The molecule has 0 amide bonds. The Bertz CT molecular complexity index is 984. The number of H-pyrrole nitrogens is 2. The molecular weight excluding hydrogens is 366 g/mol. The van der Waals surface area contributed by atoms with Crippen LogP contribution in [-0.4, -0.2) is 39.6 Å². The summed E-state index contributed by atoms with van der Waals surface area (Å²) < 4.78 is 4.97. The molecule has 2 aromatic rings. The molecule has 0 aliphatic rings. The minimum atomic E-state index is -0.636. The Hall–Kier alpha value is -2.59. The lowest BCUT2D eigenvalue weighted by molar-refractivity contribution is 0.0527. The van der Waals surface area contributed by atoms with E-state index >= 15 is 0 Å². The number of thiophene rings is 1. The lowest BCUT2D eigenvalue weighted by atomic mass is 10.1. The maximum absolute atomic E-state index is 12.2. The van der Waals surface area contributed by atoms with E-state index in [-0.39, 0.29) is 33.3 Å². The molecule has 10 heteroatoms. The summed E-state index contributed by atoms with van der Waals surface area (Å²) in [7, 11) is 0. The van der Waals surface area contributed by atoms with Gasteiger partial charge >= 0.3 is 5.97 Å². The molecule has 0 spiro atoms. The van der Waals surface area contributed by atoms with E-state index in [9.17, 15) is 19.5 Å². The summed E-state index contributed by atoms with van der Waals surface area (Å²) in [5.74, 6) is -1.27. The maximum atomic E-state index is 12.2. The number of aromatic nitrogens is 2. The Morgan fingerprint density at radius 3 is 2.64 bits per heavy atom. The first kappa shape index (κ1) is 18.7. The highest BCUT2D eigenvalue weighted by molar-refractivity contribution is 7.71. The zero-order valence-corrected chi connectivity index (χ0v) is 15.3. The van der Waals surface area contributed by atoms with Gasteiger partial charge in [0.05, 0.1) is 17.0 Å². The third-order valence-corrected chi connectivity index (χ3v) is 4.70. The number of aliphatic imine (C=N–C) groups is 1. The fourth-order valence-electron chi connectivity index (χ4n) is 2.10. The second-order valence-corrected chi connectivity index (χ2v) is 6.35. The molecule has 0 saturated heterocycles. The molecule has 132 valence electrons. The molecule has 2 rings (SSSR count). The van der Waals surface area contributed by atoms with Gasteiger partial charge in [0.1, 0.15) is 10.6 Å². The van der Waals surface area contributed by atoms with Crippen molar-refractivity contribution >= 4 is 46.5 Å². The number of rotatable bonds is 5. The highest BCUT2D eigenvalue weighted by Crippen LogP contribution is 2.36. The van der Waals surface area contributed by atoms with Gasteiger partial charge in [-0.15, -0.1) is 11.3 Å². The third kappa shape index (κ3) is 3.91.